The van der Waals surface area contributed by atoms with Crippen LogP contribution < -0.4 is 5.73 Å². The zero-order chi connectivity index (χ0) is 27.5. The summed E-state index contributed by atoms with van der Waals surface area (Å²) in [6.07, 6.45) is 0.459. The first-order chi connectivity index (χ1) is 18.0. The number of fused-ring (bicyclic) bond motifs is 3. The van der Waals surface area contributed by atoms with Crippen molar-refractivity contribution in [3.05, 3.63) is 74.1 Å². The second-order valence-electron chi connectivity index (χ2n) is 10.3. The Labute approximate surface area is 232 Å². The van der Waals surface area contributed by atoms with Crippen LogP contribution >= 0.6 is 22.6 Å². The molecule has 3 aliphatic rings. The quantitative estimate of drug-likeness (QED) is 0.258. The van der Waals surface area contributed by atoms with Crippen molar-refractivity contribution >= 4 is 45.8 Å². The van der Waals surface area contributed by atoms with E-state index in [9.17, 15) is 29.4 Å². The molecule has 0 saturated heterocycles. The summed E-state index contributed by atoms with van der Waals surface area (Å²) in [6.45, 7) is 0.0407. The summed E-state index contributed by atoms with van der Waals surface area (Å²) >= 11 is 2.09. The Kier molecular flexibility index (Phi) is 6.69. The van der Waals surface area contributed by atoms with Gasteiger partial charge in [0.1, 0.15) is 23.7 Å². The van der Waals surface area contributed by atoms with Crippen molar-refractivity contribution in [1.29, 1.82) is 0 Å². The van der Waals surface area contributed by atoms with Crippen molar-refractivity contribution in [2.45, 2.75) is 31.1 Å². The maximum Gasteiger partial charge on any atom is 0.255 e. The fraction of sp³-hybridized carbons (Fsp3) is 0.357. The first-order valence-corrected chi connectivity index (χ1v) is 13.3. The van der Waals surface area contributed by atoms with Gasteiger partial charge in [-0.25, -0.2) is 0 Å². The first-order valence-electron chi connectivity index (χ1n) is 12.2. The first kappa shape index (κ1) is 26.5. The van der Waals surface area contributed by atoms with Crippen molar-refractivity contribution in [3.63, 3.8) is 0 Å². The van der Waals surface area contributed by atoms with E-state index in [2.05, 4.69) is 22.6 Å². The number of halogens is 1. The van der Waals surface area contributed by atoms with Crippen molar-refractivity contribution < 1.29 is 34.1 Å². The van der Waals surface area contributed by atoms with Crippen LogP contribution in [0, 0.1) is 21.3 Å². The molecule has 1 amide bonds. The number of Topliss-reactive ketones (excluding diaryl/α,β-unsaturated/α-hetero) is 3. The number of nitrogens with zero attached hydrogens (tertiary/aromatic N) is 1. The molecule has 0 bridgehead atoms. The molecule has 38 heavy (non-hydrogen) atoms. The molecule has 1 fully saturated rings. The predicted molar refractivity (Wildman–Crippen MR) is 144 cm³/mol. The molecular formula is C28H27IN2O7. The number of aliphatic hydroxyl groups is 1. The number of primary amides is 1. The van der Waals surface area contributed by atoms with Gasteiger partial charge in [-0.3, -0.25) is 24.1 Å². The summed E-state index contributed by atoms with van der Waals surface area (Å²) < 4.78 is 6.84. The van der Waals surface area contributed by atoms with Gasteiger partial charge in [-0.15, -0.1) is 0 Å². The van der Waals surface area contributed by atoms with Gasteiger partial charge in [0.25, 0.3) is 5.91 Å². The second-order valence-corrected chi connectivity index (χ2v) is 11.5. The Morgan fingerprint density at radius 2 is 1.84 bits per heavy atom. The maximum atomic E-state index is 14.0. The van der Waals surface area contributed by atoms with Gasteiger partial charge in [0, 0.05) is 9.49 Å². The van der Waals surface area contributed by atoms with Gasteiger partial charge in [0.2, 0.25) is 5.78 Å². The molecule has 2 aromatic carbocycles. The molecule has 0 spiro atoms. The number of ether oxygens (including phenoxy) is 1. The van der Waals surface area contributed by atoms with E-state index in [1.807, 2.05) is 30.3 Å². The smallest absolute Gasteiger partial charge is 0.255 e. The van der Waals surface area contributed by atoms with Gasteiger partial charge >= 0.3 is 0 Å². The van der Waals surface area contributed by atoms with E-state index in [0.29, 0.717) is 12.0 Å². The average molecular weight is 630 g/mol. The summed E-state index contributed by atoms with van der Waals surface area (Å²) in [5.74, 6) is -6.95. The lowest BCUT2D eigenvalue weighted by atomic mass is 9.54. The van der Waals surface area contributed by atoms with Crippen molar-refractivity contribution in [3.8, 4) is 5.75 Å². The zero-order valence-corrected chi connectivity index (χ0v) is 23.0. The fourth-order valence-corrected chi connectivity index (χ4v) is 6.96. The third kappa shape index (κ3) is 3.88. The van der Waals surface area contributed by atoms with Crippen LogP contribution in [0.25, 0.3) is 0 Å². The predicted octanol–water partition coefficient (Wildman–Crippen LogP) is 1.76. The molecule has 0 aromatic heterocycles. The monoisotopic (exact) mass is 630 g/mol. The normalized spacial score (nSPS) is 28.6. The van der Waals surface area contributed by atoms with E-state index in [1.54, 1.807) is 25.1 Å². The molecule has 1 saturated carbocycles. The lowest BCUT2D eigenvalue weighted by molar-refractivity contribution is -0.170. The van der Waals surface area contributed by atoms with Crippen LogP contribution in [0.1, 0.15) is 27.9 Å². The third-order valence-corrected chi connectivity index (χ3v) is 8.97. The number of carbonyl (C=O) groups is 4. The standard InChI is InChI=1S/C28H27IN2O7/c1-31(2)22-16-11-14-10-15-17(29)8-9-18(32)20(15)23(33)19(14)25(34)28(16,37)26(35)21(27(30)36)24(22)38-12-13-6-4-3-5-7-13/h3-9,14,16,19,22,32,37H,10-12H2,1-2H3,(H2,30,36)/t14-,16-,19?,22-,28-/m0/s1. The molecule has 0 aliphatic heterocycles. The maximum absolute atomic E-state index is 14.0. The molecule has 0 heterocycles. The molecule has 1 unspecified atom stereocenters. The molecule has 4 N–H and O–H groups in total. The van der Waals surface area contributed by atoms with Crippen LogP contribution in [0.15, 0.2) is 53.8 Å². The summed E-state index contributed by atoms with van der Waals surface area (Å²) in [6, 6.07) is 11.4. The highest BCUT2D eigenvalue weighted by Crippen LogP contribution is 2.52. The number of phenolic OH excluding ortho intramolecular Hbond substituents is 1. The Hall–Kier alpha value is -3.09. The third-order valence-electron chi connectivity index (χ3n) is 7.96. The number of nitrogens with two attached hydrogens (primary N) is 1. The van der Waals surface area contributed by atoms with Crippen LogP contribution in [0.2, 0.25) is 0 Å². The number of carbonyl (C=O) groups excluding carboxylic acids is 4. The minimum Gasteiger partial charge on any atom is -0.507 e. The SMILES string of the molecule is CN(C)[C@@H]1C(OCc2ccccc2)=C(C(N)=O)C(=O)[C@@]2(O)C(=O)C3C(=O)c4c(O)ccc(I)c4C[C@H]3C[C@@H]12. The fourth-order valence-electron chi connectivity index (χ4n) is 6.29. The summed E-state index contributed by atoms with van der Waals surface area (Å²) in [4.78, 5) is 55.6. The number of amides is 1. The van der Waals surface area contributed by atoms with E-state index in [-0.39, 0.29) is 30.1 Å². The van der Waals surface area contributed by atoms with Gasteiger partial charge in [-0.2, -0.15) is 0 Å². The molecule has 5 atom stereocenters. The average Bonchev–Trinajstić information content (AvgIpc) is 2.87. The van der Waals surface area contributed by atoms with Crippen LogP contribution in [-0.4, -0.2) is 64.1 Å². The molecule has 2 aromatic rings. The number of phenols is 1. The van der Waals surface area contributed by atoms with Gasteiger partial charge in [-0.05, 0) is 78.7 Å². The van der Waals surface area contributed by atoms with Crippen LogP contribution in [0.3, 0.4) is 0 Å². The van der Waals surface area contributed by atoms with Crippen LogP contribution in [0.4, 0.5) is 0 Å². The molecule has 10 heteroatoms. The second kappa shape index (κ2) is 9.58. The topological polar surface area (TPSA) is 147 Å². The molecule has 3 aliphatic carbocycles. The van der Waals surface area contributed by atoms with E-state index >= 15 is 0 Å². The minimum atomic E-state index is -2.65. The van der Waals surface area contributed by atoms with Crippen molar-refractivity contribution in [1.82, 2.24) is 4.90 Å². The highest BCUT2D eigenvalue weighted by atomic mass is 127. The number of ketones is 3. The number of likely N-dealkylation sites (N-methyl/N-ethyl adjacent to an activating group) is 1. The van der Waals surface area contributed by atoms with Gasteiger partial charge in [-0.1, -0.05) is 30.3 Å². The largest absolute Gasteiger partial charge is 0.507 e. The number of benzene rings is 2. The Balaban J connectivity index is 1.63. The number of rotatable bonds is 5. The molecule has 9 nitrogen and oxygen atoms in total. The van der Waals surface area contributed by atoms with Crippen LogP contribution in [0.5, 0.6) is 5.75 Å². The van der Waals surface area contributed by atoms with E-state index in [1.165, 1.54) is 6.07 Å². The summed E-state index contributed by atoms with van der Waals surface area (Å²) in [7, 11) is 3.40. The molecular weight excluding hydrogens is 603 g/mol. The minimum absolute atomic E-state index is 0.00652. The molecule has 0 radical (unpaired) electrons. The Morgan fingerprint density at radius 1 is 1.16 bits per heavy atom. The lowest BCUT2D eigenvalue weighted by Crippen LogP contribution is -2.69. The van der Waals surface area contributed by atoms with Crippen molar-refractivity contribution in [2.75, 3.05) is 14.1 Å². The summed E-state index contributed by atoms with van der Waals surface area (Å²) in [5, 5.41) is 22.3. The van der Waals surface area contributed by atoms with Gasteiger partial charge in [0.15, 0.2) is 17.2 Å². The van der Waals surface area contributed by atoms with Gasteiger partial charge in [0.05, 0.1) is 17.5 Å². The summed E-state index contributed by atoms with van der Waals surface area (Å²) in [5.41, 5.74) is 3.88. The lowest BCUT2D eigenvalue weighted by Gasteiger charge is -2.52. The van der Waals surface area contributed by atoms with Gasteiger partial charge < -0.3 is 20.7 Å². The molecule has 198 valence electrons. The van der Waals surface area contributed by atoms with Crippen LogP contribution in [-0.2, 0) is 32.1 Å². The van der Waals surface area contributed by atoms with E-state index in [0.717, 1.165) is 9.13 Å². The Morgan fingerprint density at radius 3 is 2.47 bits per heavy atom. The van der Waals surface area contributed by atoms with E-state index in [4.69, 9.17) is 10.5 Å². The number of hydrogen-bond acceptors (Lipinski definition) is 8. The highest BCUT2D eigenvalue weighted by molar-refractivity contribution is 14.1. The Bertz CT molecular complexity index is 1400. The molecule has 5 rings (SSSR count). The highest BCUT2D eigenvalue weighted by Gasteiger charge is 2.67. The number of aromatic hydroxyl groups is 1. The zero-order valence-electron chi connectivity index (χ0n) is 20.8. The van der Waals surface area contributed by atoms with E-state index < -0.39 is 58.2 Å². The van der Waals surface area contributed by atoms with Crippen molar-refractivity contribution in [2.24, 2.45) is 23.5 Å². The number of hydrogen-bond donors (Lipinski definition) is 3.